The molecular weight excluding hydrogens is 437 g/mol. The highest BCUT2D eigenvalue weighted by Gasteiger charge is 2.33. The Morgan fingerprint density at radius 1 is 1.17 bits per heavy atom. The zero-order valence-electron chi connectivity index (χ0n) is 15.9. The summed E-state index contributed by atoms with van der Waals surface area (Å²) in [6.07, 6.45) is -1.24. The van der Waals surface area contributed by atoms with Crippen LogP contribution in [0.2, 0.25) is 5.02 Å². The number of nitrogens with zero attached hydrogens (tertiary/aromatic N) is 1. The van der Waals surface area contributed by atoms with Crippen molar-refractivity contribution in [1.29, 1.82) is 0 Å². The lowest BCUT2D eigenvalue weighted by atomic mass is 10.1. The summed E-state index contributed by atoms with van der Waals surface area (Å²) >= 11 is 7.25. The summed E-state index contributed by atoms with van der Waals surface area (Å²) in [4.78, 5) is 25.1. The second-order valence-electron chi connectivity index (χ2n) is 6.61. The van der Waals surface area contributed by atoms with Gasteiger partial charge in [-0.3, -0.25) is 9.59 Å². The topological polar surface area (TPSA) is 51.1 Å². The first kappa shape index (κ1) is 22.2. The van der Waals surface area contributed by atoms with E-state index < -0.39 is 22.7 Å². The number of hydrogen-bond acceptors (Lipinski definition) is 3. The number of pyridine rings is 1. The number of amides is 1. The van der Waals surface area contributed by atoms with E-state index in [-0.39, 0.29) is 17.5 Å². The standard InChI is InChI=1S/C21H18ClF3N2O2S/c1-30-10-9-27-8-7-14-15(20(27)29)3-2-4-18(14)26-19(28)12-13-5-6-17(22)16(11-13)21(23,24)25/h2-8,11H,9-10,12H2,1H3,(H,26,28). The van der Waals surface area contributed by atoms with Gasteiger partial charge in [-0.15, -0.1) is 0 Å². The van der Waals surface area contributed by atoms with Gasteiger partial charge in [-0.05, 0) is 42.2 Å². The Bertz CT molecular complexity index is 1150. The number of carbonyl (C=O) groups excluding carboxylic acids is 1. The molecule has 0 saturated carbocycles. The van der Waals surface area contributed by atoms with Gasteiger partial charge < -0.3 is 9.88 Å². The number of hydrogen-bond donors (Lipinski definition) is 1. The summed E-state index contributed by atoms with van der Waals surface area (Å²) in [6, 6.07) is 10.1. The van der Waals surface area contributed by atoms with Gasteiger partial charge in [0, 0.05) is 35.0 Å². The van der Waals surface area contributed by atoms with Crippen LogP contribution in [0, 0.1) is 0 Å². The maximum atomic E-state index is 13.0. The highest BCUT2D eigenvalue weighted by atomic mass is 35.5. The predicted octanol–water partition coefficient (Wildman–Crippen LogP) is 5.22. The Morgan fingerprint density at radius 3 is 2.63 bits per heavy atom. The summed E-state index contributed by atoms with van der Waals surface area (Å²) in [5.74, 6) is 0.299. The lowest BCUT2D eigenvalue weighted by Crippen LogP contribution is -2.21. The molecule has 0 radical (unpaired) electrons. The number of fused-ring (bicyclic) bond motifs is 1. The molecule has 0 atom stereocenters. The number of aromatic nitrogens is 1. The quantitative estimate of drug-likeness (QED) is 0.555. The van der Waals surface area contributed by atoms with Crippen LogP contribution in [0.25, 0.3) is 10.8 Å². The average Bonchev–Trinajstić information content (AvgIpc) is 2.68. The van der Waals surface area contributed by atoms with Crippen molar-refractivity contribution in [3.05, 3.63) is 75.2 Å². The minimum Gasteiger partial charge on any atom is -0.325 e. The van der Waals surface area contributed by atoms with E-state index in [0.29, 0.717) is 23.0 Å². The molecule has 9 heteroatoms. The van der Waals surface area contributed by atoms with Gasteiger partial charge in [-0.25, -0.2) is 0 Å². The average molecular weight is 455 g/mol. The monoisotopic (exact) mass is 454 g/mol. The van der Waals surface area contributed by atoms with Gasteiger partial charge in [0.2, 0.25) is 5.91 Å². The number of benzene rings is 2. The molecule has 2 aromatic carbocycles. The molecule has 3 rings (SSSR count). The molecule has 3 aromatic rings. The molecule has 1 amide bonds. The van der Waals surface area contributed by atoms with Gasteiger partial charge in [-0.1, -0.05) is 23.7 Å². The van der Waals surface area contributed by atoms with Crippen molar-refractivity contribution in [3.8, 4) is 0 Å². The van der Waals surface area contributed by atoms with E-state index in [1.807, 2.05) is 6.26 Å². The van der Waals surface area contributed by atoms with Crippen LogP contribution in [0.5, 0.6) is 0 Å². The van der Waals surface area contributed by atoms with E-state index in [0.717, 1.165) is 17.9 Å². The zero-order chi connectivity index (χ0) is 21.9. The van der Waals surface area contributed by atoms with Gasteiger partial charge in [0.1, 0.15) is 0 Å². The van der Waals surface area contributed by atoms with Crippen molar-refractivity contribution in [2.75, 3.05) is 17.3 Å². The molecule has 0 unspecified atom stereocenters. The fourth-order valence-electron chi connectivity index (χ4n) is 3.07. The summed E-state index contributed by atoms with van der Waals surface area (Å²) in [5, 5.41) is 3.31. The Hall–Kier alpha value is -2.45. The molecule has 1 heterocycles. The minimum atomic E-state index is -4.60. The van der Waals surface area contributed by atoms with Gasteiger partial charge in [0.25, 0.3) is 5.56 Å². The molecule has 0 aliphatic heterocycles. The van der Waals surface area contributed by atoms with Crippen molar-refractivity contribution in [1.82, 2.24) is 4.57 Å². The first-order valence-corrected chi connectivity index (χ1v) is 10.7. The first-order valence-electron chi connectivity index (χ1n) is 8.97. The summed E-state index contributed by atoms with van der Waals surface area (Å²) in [5.41, 5.74) is -0.531. The molecule has 0 fully saturated rings. The fraction of sp³-hybridized carbons (Fsp3) is 0.238. The second kappa shape index (κ2) is 9.14. The van der Waals surface area contributed by atoms with E-state index in [4.69, 9.17) is 11.6 Å². The van der Waals surface area contributed by atoms with Gasteiger partial charge in [0.15, 0.2) is 0 Å². The van der Waals surface area contributed by atoms with Crippen LogP contribution < -0.4 is 10.9 Å². The van der Waals surface area contributed by atoms with Crippen LogP contribution in [0.3, 0.4) is 0 Å². The van der Waals surface area contributed by atoms with E-state index in [1.165, 1.54) is 6.07 Å². The Labute approximate surface area is 180 Å². The lowest BCUT2D eigenvalue weighted by Gasteiger charge is -2.12. The second-order valence-corrected chi connectivity index (χ2v) is 8.00. The number of nitrogens with one attached hydrogen (secondary N) is 1. The van der Waals surface area contributed by atoms with Crippen LogP contribution in [0.4, 0.5) is 18.9 Å². The molecule has 0 spiro atoms. The maximum absolute atomic E-state index is 13.0. The van der Waals surface area contributed by atoms with Crippen LogP contribution in [0.1, 0.15) is 11.1 Å². The summed E-state index contributed by atoms with van der Waals surface area (Å²) in [6.45, 7) is 0.574. The summed E-state index contributed by atoms with van der Waals surface area (Å²) < 4.78 is 40.7. The van der Waals surface area contributed by atoms with E-state index in [2.05, 4.69) is 5.32 Å². The van der Waals surface area contributed by atoms with Gasteiger partial charge in [-0.2, -0.15) is 24.9 Å². The molecule has 1 aromatic heterocycles. The van der Waals surface area contributed by atoms with Crippen LogP contribution in [-0.4, -0.2) is 22.5 Å². The molecule has 4 nitrogen and oxygen atoms in total. The molecule has 0 saturated heterocycles. The van der Waals surface area contributed by atoms with Crippen LogP contribution in [0.15, 0.2) is 53.5 Å². The number of aryl methyl sites for hydroxylation is 1. The number of rotatable bonds is 6. The molecule has 0 aliphatic rings. The molecule has 158 valence electrons. The summed E-state index contributed by atoms with van der Waals surface area (Å²) in [7, 11) is 0. The van der Waals surface area contributed by atoms with Crippen molar-refractivity contribution < 1.29 is 18.0 Å². The Kier molecular flexibility index (Phi) is 6.77. The van der Waals surface area contributed by atoms with Crippen LogP contribution >= 0.6 is 23.4 Å². The number of halogens is 4. The first-order chi connectivity index (χ1) is 14.2. The third-order valence-corrected chi connectivity index (χ3v) is 5.45. The number of carbonyl (C=O) groups is 1. The van der Waals surface area contributed by atoms with Crippen molar-refractivity contribution in [3.63, 3.8) is 0 Å². The largest absolute Gasteiger partial charge is 0.417 e. The lowest BCUT2D eigenvalue weighted by molar-refractivity contribution is -0.137. The molecule has 0 bridgehead atoms. The van der Waals surface area contributed by atoms with Crippen molar-refractivity contribution in [2.24, 2.45) is 0 Å². The van der Waals surface area contributed by atoms with E-state index >= 15 is 0 Å². The van der Waals surface area contributed by atoms with E-state index in [9.17, 15) is 22.8 Å². The number of anilines is 1. The third kappa shape index (κ3) is 4.99. The van der Waals surface area contributed by atoms with E-state index in [1.54, 1.807) is 46.8 Å². The maximum Gasteiger partial charge on any atom is 0.417 e. The molecule has 1 N–H and O–H groups in total. The molecular formula is C21H18ClF3N2O2S. The highest BCUT2D eigenvalue weighted by Crippen LogP contribution is 2.35. The highest BCUT2D eigenvalue weighted by molar-refractivity contribution is 7.98. The Balaban J connectivity index is 1.84. The van der Waals surface area contributed by atoms with Crippen molar-refractivity contribution >= 4 is 45.7 Å². The van der Waals surface area contributed by atoms with Crippen LogP contribution in [-0.2, 0) is 23.9 Å². The predicted molar refractivity (Wildman–Crippen MR) is 115 cm³/mol. The van der Waals surface area contributed by atoms with Gasteiger partial charge >= 0.3 is 6.18 Å². The SMILES string of the molecule is CSCCn1ccc2c(NC(=O)Cc3ccc(Cl)c(C(F)(F)F)c3)cccc2c1=O. The smallest absolute Gasteiger partial charge is 0.325 e. The fourth-order valence-corrected chi connectivity index (χ4v) is 3.68. The number of thioether (sulfide) groups is 1. The van der Waals surface area contributed by atoms with Crippen molar-refractivity contribution in [2.45, 2.75) is 19.1 Å². The zero-order valence-corrected chi connectivity index (χ0v) is 17.5. The molecule has 30 heavy (non-hydrogen) atoms. The van der Waals surface area contributed by atoms with Gasteiger partial charge in [0.05, 0.1) is 17.0 Å². The normalized spacial score (nSPS) is 11.6. The minimum absolute atomic E-state index is 0.162. The Morgan fingerprint density at radius 2 is 1.93 bits per heavy atom. The number of alkyl halides is 3. The molecule has 0 aliphatic carbocycles. The third-order valence-electron chi connectivity index (χ3n) is 4.53.